The lowest BCUT2D eigenvalue weighted by Gasteiger charge is -2.07. The molecule has 0 aliphatic rings. The van der Waals surface area contributed by atoms with Crippen molar-refractivity contribution in [1.29, 1.82) is 0 Å². The number of alkyl halides is 1. The summed E-state index contributed by atoms with van der Waals surface area (Å²) in [6.45, 7) is 0. The second-order valence-corrected chi connectivity index (χ2v) is 1.26. The van der Waals surface area contributed by atoms with Crippen molar-refractivity contribution >= 4 is 0 Å². The van der Waals surface area contributed by atoms with Gasteiger partial charge in [0.15, 0.2) is 0 Å². The first-order valence-electron chi connectivity index (χ1n) is 1.81. The molecular weight excluding hydrogens is 135 g/mol. The van der Waals surface area contributed by atoms with Gasteiger partial charge in [0, 0.05) is 0 Å². The van der Waals surface area contributed by atoms with E-state index in [2.05, 4.69) is 0 Å². The van der Waals surface area contributed by atoms with Crippen LogP contribution in [0.25, 0.3) is 0 Å². The Hall–Kier alpha value is -1.01. The van der Waals surface area contributed by atoms with Crippen LogP contribution in [0, 0.1) is 0 Å². The van der Waals surface area contributed by atoms with Crippen molar-refractivity contribution in [2.75, 3.05) is 0 Å². The van der Waals surface area contributed by atoms with E-state index in [4.69, 9.17) is 25.5 Å². The number of aliphatic hydroxyl groups excluding tert-OH is 2. The van der Waals surface area contributed by atoms with Crippen LogP contribution in [0.1, 0.15) is 0 Å². The average molecular weight is 140 g/mol. The van der Waals surface area contributed by atoms with E-state index in [0.29, 0.717) is 0 Å². The Balaban J connectivity index is 4.40. The third-order valence-electron chi connectivity index (χ3n) is 0.513. The zero-order valence-electron chi connectivity index (χ0n) is 4.11. The van der Waals surface area contributed by atoms with Gasteiger partial charge in [-0.3, -0.25) is 0 Å². The van der Waals surface area contributed by atoms with Gasteiger partial charge in [-0.1, -0.05) is 0 Å². The quantitative estimate of drug-likeness (QED) is 0.248. The number of hydrogen-bond donors (Lipinski definition) is 5. The van der Waals surface area contributed by atoms with Crippen molar-refractivity contribution in [2.45, 2.75) is 6.04 Å². The van der Waals surface area contributed by atoms with Gasteiger partial charge in [0.2, 0.25) is 0 Å². The summed E-state index contributed by atoms with van der Waals surface area (Å²) in [5.74, 6) is -3.81. The van der Waals surface area contributed by atoms with Gasteiger partial charge in [-0.05, 0) is 0 Å². The zero-order chi connectivity index (χ0) is 7.65. The van der Waals surface area contributed by atoms with Crippen molar-refractivity contribution in [3.05, 3.63) is 11.7 Å². The number of halogens is 1. The summed E-state index contributed by atoms with van der Waals surface area (Å²) in [5, 5.41) is 39.0. The molecule has 5 nitrogen and oxygen atoms in total. The van der Waals surface area contributed by atoms with Crippen LogP contribution in [0.5, 0.6) is 0 Å². The summed E-state index contributed by atoms with van der Waals surface area (Å²) in [6.07, 6.45) is 0. The van der Waals surface area contributed by atoms with Crippen molar-refractivity contribution < 1.29 is 29.9 Å². The molecule has 0 fully saturated rings. The summed E-state index contributed by atoms with van der Waals surface area (Å²) >= 11 is 0. The van der Waals surface area contributed by atoms with Crippen LogP contribution in [0.2, 0.25) is 0 Å². The largest absolute Gasteiger partial charge is 0.500 e. The molecule has 0 aliphatic carbocycles. The third kappa shape index (κ3) is 2.15. The Morgan fingerprint density at radius 1 is 1.11 bits per heavy atom. The minimum atomic E-state index is -4.08. The predicted octanol–water partition coefficient (Wildman–Crippen LogP) is -0.563. The molecule has 6 heteroatoms. The lowest BCUT2D eigenvalue weighted by atomic mass is 10.5. The van der Waals surface area contributed by atoms with Crippen LogP contribution in [0.4, 0.5) is 4.39 Å². The van der Waals surface area contributed by atoms with E-state index in [-0.39, 0.29) is 0 Å². The number of rotatable bonds is 1. The normalized spacial score (nSPS) is 11.0. The van der Waals surface area contributed by atoms with E-state index in [1.807, 2.05) is 0 Å². The molecular formula is C3H5FO5. The van der Waals surface area contributed by atoms with Crippen molar-refractivity contribution in [1.82, 2.24) is 0 Å². The lowest BCUT2D eigenvalue weighted by Crippen LogP contribution is -2.25. The summed E-state index contributed by atoms with van der Waals surface area (Å²) in [4.78, 5) is 0. The molecule has 0 saturated heterocycles. The molecule has 0 atom stereocenters. The van der Waals surface area contributed by atoms with Crippen LogP contribution >= 0.6 is 0 Å². The monoisotopic (exact) mass is 140 g/mol. The molecule has 9 heavy (non-hydrogen) atoms. The Morgan fingerprint density at radius 2 is 1.44 bits per heavy atom. The van der Waals surface area contributed by atoms with E-state index < -0.39 is 17.7 Å². The fourth-order valence-electron chi connectivity index (χ4n) is 0.142. The first-order chi connectivity index (χ1) is 3.85. The standard InChI is InChI=1S/C3H5FO5/c4-3(8,9)1(5)2(6)7/h5-9H. The van der Waals surface area contributed by atoms with E-state index in [0.717, 1.165) is 0 Å². The van der Waals surface area contributed by atoms with E-state index in [1.165, 1.54) is 0 Å². The van der Waals surface area contributed by atoms with Crippen molar-refractivity contribution in [3.8, 4) is 0 Å². The molecule has 0 radical (unpaired) electrons. The Labute approximate surface area is 48.9 Å². The van der Waals surface area contributed by atoms with Gasteiger partial charge < -0.3 is 25.5 Å². The summed E-state index contributed by atoms with van der Waals surface area (Å²) in [6, 6.07) is -4.08. The first-order valence-corrected chi connectivity index (χ1v) is 1.81. The molecule has 0 unspecified atom stereocenters. The van der Waals surface area contributed by atoms with Gasteiger partial charge in [-0.2, -0.15) is 4.39 Å². The lowest BCUT2D eigenvalue weighted by molar-refractivity contribution is -0.250. The molecule has 0 aliphatic heterocycles. The Morgan fingerprint density at radius 3 is 1.44 bits per heavy atom. The average Bonchev–Trinajstić information content (AvgIpc) is 1.62. The molecule has 0 aromatic carbocycles. The van der Waals surface area contributed by atoms with Crippen LogP contribution in [-0.2, 0) is 0 Å². The fraction of sp³-hybridized carbons (Fsp3) is 0.333. The minimum absolute atomic E-state index is 1.87. The van der Waals surface area contributed by atoms with Gasteiger partial charge in [0.05, 0.1) is 0 Å². The highest BCUT2D eigenvalue weighted by molar-refractivity contribution is 4.96. The first kappa shape index (κ1) is 7.99. The smallest absolute Gasteiger partial charge is 0.383 e. The molecule has 0 bridgehead atoms. The van der Waals surface area contributed by atoms with Gasteiger partial charge in [0.1, 0.15) is 0 Å². The molecule has 0 spiro atoms. The van der Waals surface area contributed by atoms with Crippen molar-refractivity contribution in [2.24, 2.45) is 0 Å². The summed E-state index contributed by atoms with van der Waals surface area (Å²) in [5.41, 5.74) is 0. The van der Waals surface area contributed by atoms with E-state index in [9.17, 15) is 4.39 Å². The number of hydrogen-bond acceptors (Lipinski definition) is 5. The minimum Gasteiger partial charge on any atom is -0.500 e. The van der Waals surface area contributed by atoms with Gasteiger partial charge in [0.25, 0.3) is 5.76 Å². The predicted molar refractivity (Wildman–Crippen MR) is 23.2 cm³/mol. The van der Waals surface area contributed by atoms with Gasteiger partial charge in [-0.15, -0.1) is 0 Å². The highest BCUT2D eigenvalue weighted by atomic mass is 19.2. The summed E-state index contributed by atoms with van der Waals surface area (Å²) < 4.78 is 11.5. The fourth-order valence-corrected chi connectivity index (χ4v) is 0.142. The highest BCUT2D eigenvalue weighted by Gasteiger charge is 2.32. The maximum Gasteiger partial charge on any atom is 0.383 e. The van der Waals surface area contributed by atoms with Crippen LogP contribution < -0.4 is 0 Å². The molecule has 5 N–H and O–H groups in total. The molecule has 0 rings (SSSR count). The molecule has 0 aromatic heterocycles. The molecule has 0 amide bonds. The maximum absolute atomic E-state index is 11.5. The van der Waals surface area contributed by atoms with Crippen LogP contribution in [0.3, 0.4) is 0 Å². The van der Waals surface area contributed by atoms with Gasteiger partial charge >= 0.3 is 12.0 Å². The van der Waals surface area contributed by atoms with E-state index in [1.54, 1.807) is 0 Å². The zero-order valence-corrected chi connectivity index (χ0v) is 4.11. The van der Waals surface area contributed by atoms with Crippen molar-refractivity contribution in [3.63, 3.8) is 0 Å². The SMILES string of the molecule is OC(O)=C(O)C(O)(O)F. The molecule has 0 heterocycles. The summed E-state index contributed by atoms with van der Waals surface area (Å²) in [7, 11) is 0. The second-order valence-electron chi connectivity index (χ2n) is 1.26. The maximum atomic E-state index is 11.5. The van der Waals surface area contributed by atoms with Crippen LogP contribution in [-0.4, -0.2) is 31.6 Å². The Bertz CT molecular complexity index is 130. The van der Waals surface area contributed by atoms with Gasteiger partial charge in [-0.25, -0.2) is 0 Å². The highest BCUT2D eigenvalue weighted by Crippen LogP contribution is 2.12. The molecule has 0 aromatic rings. The topological polar surface area (TPSA) is 101 Å². The molecule has 0 saturated carbocycles. The number of aliphatic hydroxyl groups is 5. The van der Waals surface area contributed by atoms with E-state index >= 15 is 0 Å². The molecule has 54 valence electrons. The van der Waals surface area contributed by atoms with Crippen LogP contribution in [0.15, 0.2) is 11.7 Å². The second kappa shape index (κ2) is 2.08. The third-order valence-corrected chi connectivity index (χ3v) is 0.513. The Kier molecular flexibility index (Phi) is 1.84.